The summed E-state index contributed by atoms with van der Waals surface area (Å²) >= 11 is 0. The van der Waals surface area contributed by atoms with Crippen molar-refractivity contribution in [1.82, 2.24) is 10.2 Å². The highest BCUT2D eigenvalue weighted by Gasteiger charge is 2.48. The van der Waals surface area contributed by atoms with Gasteiger partial charge >= 0.3 is 6.18 Å². The van der Waals surface area contributed by atoms with Gasteiger partial charge in [-0.2, -0.15) is 18.3 Å². The molecular formula is C8H6F4N2O. The topological polar surface area (TPSA) is 45.8 Å². The number of ketones is 1. The Morgan fingerprint density at radius 1 is 1.40 bits per heavy atom. The van der Waals surface area contributed by atoms with Crippen LogP contribution in [0.4, 0.5) is 17.6 Å². The highest BCUT2D eigenvalue weighted by molar-refractivity contribution is 6.03. The monoisotopic (exact) mass is 222 g/mol. The third kappa shape index (κ3) is 1.25. The fraction of sp³-hybridized carbons (Fsp3) is 0.500. The van der Waals surface area contributed by atoms with Crippen LogP contribution in [0.15, 0.2) is 0 Å². The average molecular weight is 222 g/mol. The number of fused-ring (bicyclic) bond motifs is 1. The lowest BCUT2D eigenvalue weighted by Crippen LogP contribution is -2.14. The predicted molar refractivity (Wildman–Crippen MR) is 40.9 cm³/mol. The minimum Gasteiger partial charge on any atom is -0.294 e. The standard InChI is InChI=1S/C8H6F4N2O/c1-2-4(9)5-3(6(2)15)7(14-13-5)8(10,11)12/h2,4H,1H3,(H,13,14). The van der Waals surface area contributed by atoms with Crippen LogP contribution in [0.3, 0.4) is 0 Å². The highest BCUT2D eigenvalue weighted by atomic mass is 19.4. The van der Waals surface area contributed by atoms with Gasteiger partial charge in [-0.25, -0.2) is 4.39 Å². The van der Waals surface area contributed by atoms with E-state index in [4.69, 9.17) is 0 Å². The van der Waals surface area contributed by atoms with Crippen LogP contribution in [0.25, 0.3) is 0 Å². The smallest absolute Gasteiger partial charge is 0.294 e. The molecule has 0 bridgehead atoms. The highest BCUT2D eigenvalue weighted by Crippen LogP contribution is 2.42. The number of halogens is 4. The molecule has 1 N–H and O–H groups in total. The summed E-state index contributed by atoms with van der Waals surface area (Å²) < 4.78 is 50.3. The number of hydrogen-bond acceptors (Lipinski definition) is 2. The number of carbonyl (C=O) groups excluding carboxylic acids is 1. The van der Waals surface area contributed by atoms with Gasteiger partial charge in [-0.1, -0.05) is 6.92 Å². The van der Waals surface area contributed by atoms with Crippen LogP contribution in [0.5, 0.6) is 0 Å². The van der Waals surface area contributed by atoms with Crippen LogP contribution >= 0.6 is 0 Å². The molecule has 2 atom stereocenters. The quantitative estimate of drug-likeness (QED) is 0.684. The number of Topliss-reactive ketones (excluding diaryl/α,β-unsaturated/α-hetero) is 1. The molecular weight excluding hydrogens is 216 g/mol. The SMILES string of the molecule is CC1C(=O)c2c(C(F)(F)F)n[nH]c2C1F. The molecule has 7 heteroatoms. The number of H-pyrrole nitrogens is 1. The number of hydrogen-bond donors (Lipinski definition) is 1. The second-order valence-corrected chi connectivity index (χ2v) is 3.41. The molecule has 0 fully saturated rings. The molecule has 1 aliphatic rings. The zero-order valence-electron chi connectivity index (χ0n) is 7.52. The summed E-state index contributed by atoms with van der Waals surface area (Å²) in [5, 5.41) is 4.87. The van der Waals surface area contributed by atoms with Crippen molar-refractivity contribution >= 4 is 5.78 Å². The van der Waals surface area contributed by atoms with E-state index in [1.165, 1.54) is 6.92 Å². The van der Waals surface area contributed by atoms with Crippen molar-refractivity contribution in [2.24, 2.45) is 5.92 Å². The molecule has 0 spiro atoms. The minimum atomic E-state index is -4.73. The molecule has 0 aliphatic heterocycles. The van der Waals surface area contributed by atoms with E-state index in [-0.39, 0.29) is 5.69 Å². The first-order chi connectivity index (χ1) is 6.84. The molecule has 2 rings (SSSR count). The maximum atomic E-state index is 13.3. The number of nitrogens with one attached hydrogen (secondary N) is 1. The molecule has 0 saturated heterocycles. The molecule has 1 aromatic heterocycles. The molecule has 0 saturated carbocycles. The van der Waals surface area contributed by atoms with Gasteiger partial charge in [0, 0.05) is 0 Å². The van der Waals surface area contributed by atoms with Gasteiger partial charge in [-0.3, -0.25) is 9.89 Å². The fourth-order valence-corrected chi connectivity index (χ4v) is 1.62. The maximum Gasteiger partial charge on any atom is 0.435 e. The van der Waals surface area contributed by atoms with Crippen molar-refractivity contribution in [2.75, 3.05) is 0 Å². The van der Waals surface area contributed by atoms with E-state index >= 15 is 0 Å². The van der Waals surface area contributed by atoms with Gasteiger partial charge in [0.15, 0.2) is 17.6 Å². The number of alkyl halides is 4. The third-order valence-corrected chi connectivity index (χ3v) is 2.44. The van der Waals surface area contributed by atoms with Crippen molar-refractivity contribution in [1.29, 1.82) is 0 Å². The Balaban J connectivity index is 2.59. The zero-order valence-corrected chi connectivity index (χ0v) is 7.52. The number of nitrogens with zero attached hydrogens (tertiary/aromatic N) is 1. The molecule has 1 aromatic rings. The Hall–Kier alpha value is -1.40. The Bertz CT molecular complexity index is 423. The molecule has 3 nitrogen and oxygen atoms in total. The summed E-state index contributed by atoms with van der Waals surface area (Å²) in [6.45, 7) is 1.25. The molecule has 15 heavy (non-hydrogen) atoms. The van der Waals surface area contributed by atoms with Crippen molar-refractivity contribution in [2.45, 2.75) is 19.3 Å². The first-order valence-corrected chi connectivity index (χ1v) is 4.17. The van der Waals surface area contributed by atoms with E-state index in [1.807, 2.05) is 5.10 Å². The molecule has 0 aromatic carbocycles. The minimum absolute atomic E-state index is 0.361. The molecule has 1 heterocycles. The summed E-state index contributed by atoms with van der Waals surface area (Å²) in [6.07, 6.45) is -6.46. The van der Waals surface area contributed by atoms with Crippen molar-refractivity contribution < 1.29 is 22.4 Å². The molecule has 1 aliphatic carbocycles. The van der Waals surface area contributed by atoms with E-state index in [1.54, 1.807) is 0 Å². The van der Waals surface area contributed by atoms with Crippen molar-refractivity contribution in [3.63, 3.8) is 0 Å². The average Bonchev–Trinajstić information content (AvgIpc) is 2.63. The molecule has 0 radical (unpaired) electrons. The first-order valence-electron chi connectivity index (χ1n) is 4.17. The van der Waals surface area contributed by atoms with Crippen LogP contribution in [0, 0.1) is 5.92 Å². The lowest BCUT2D eigenvalue weighted by atomic mass is 10.1. The largest absolute Gasteiger partial charge is 0.435 e. The lowest BCUT2D eigenvalue weighted by molar-refractivity contribution is -0.141. The summed E-state index contributed by atoms with van der Waals surface area (Å²) in [7, 11) is 0. The van der Waals surface area contributed by atoms with Gasteiger partial charge in [0.1, 0.15) is 0 Å². The van der Waals surface area contributed by atoms with Crippen LogP contribution in [-0.4, -0.2) is 16.0 Å². The summed E-state index contributed by atoms with van der Waals surface area (Å²) in [5.41, 5.74) is -2.34. The van der Waals surface area contributed by atoms with Gasteiger partial charge < -0.3 is 0 Å². The predicted octanol–water partition coefficient (Wildman–Crippen LogP) is 2.27. The summed E-state index contributed by atoms with van der Waals surface area (Å²) in [5.74, 6) is -1.92. The van der Waals surface area contributed by atoms with Crippen molar-refractivity contribution in [3.8, 4) is 0 Å². The van der Waals surface area contributed by atoms with Gasteiger partial charge in [-0.15, -0.1) is 0 Å². The van der Waals surface area contributed by atoms with Crippen LogP contribution in [-0.2, 0) is 6.18 Å². The second-order valence-electron chi connectivity index (χ2n) is 3.41. The van der Waals surface area contributed by atoms with Gasteiger partial charge in [-0.05, 0) is 0 Å². The van der Waals surface area contributed by atoms with E-state index in [0.717, 1.165) is 0 Å². The molecule has 82 valence electrons. The Kier molecular flexibility index (Phi) is 1.89. The van der Waals surface area contributed by atoms with Gasteiger partial charge in [0.05, 0.1) is 17.2 Å². The van der Waals surface area contributed by atoms with Crippen LogP contribution in [0.1, 0.15) is 34.8 Å². The van der Waals surface area contributed by atoms with E-state index in [2.05, 4.69) is 5.10 Å². The first kappa shape index (κ1) is 10.1. The normalized spacial score (nSPS) is 25.8. The Morgan fingerprint density at radius 2 is 2.00 bits per heavy atom. The number of aromatic nitrogens is 2. The number of carbonyl (C=O) groups is 1. The van der Waals surface area contributed by atoms with Crippen LogP contribution in [0.2, 0.25) is 0 Å². The van der Waals surface area contributed by atoms with E-state index < -0.39 is 35.3 Å². The lowest BCUT2D eigenvalue weighted by Gasteiger charge is -2.05. The fourth-order valence-electron chi connectivity index (χ4n) is 1.62. The number of aromatic amines is 1. The third-order valence-electron chi connectivity index (χ3n) is 2.44. The maximum absolute atomic E-state index is 13.3. The van der Waals surface area contributed by atoms with E-state index in [9.17, 15) is 22.4 Å². The van der Waals surface area contributed by atoms with E-state index in [0.29, 0.717) is 0 Å². The summed E-state index contributed by atoms with van der Waals surface area (Å²) in [4.78, 5) is 11.3. The number of rotatable bonds is 0. The Morgan fingerprint density at radius 3 is 2.53 bits per heavy atom. The van der Waals surface area contributed by atoms with Crippen LogP contribution < -0.4 is 0 Å². The van der Waals surface area contributed by atoms with Crippen molar-refractivity contribution in [3.05, 3.63) is 17.0 Å². The second kappa shape index (κ2) is 2.80. The summed E-state index contributed by atoms with van der Waals surface area (Å²) in [6, 6.07) is 0. The zero-order chi connectivity index (χ0) is 11.4. The van der Waals surface area contributed by atoms with Gasteiger partial charge in [0.25, 0.3) is 0 Å². The molecule has 2 unspecified atom stereocenters. The Labute approximate surface area is 81.5 Å². The molecule has 0 amide bonds. The van der Waals surface area contributed by atoms with Gasteiger partial charge in [0.2, 0.25) is 0 Å².